The van der Waals surface area contributed by atoms with Crippen LogP contribution in [0.1, 0.15) is 26.3 Å². The van der Waals surface area contributed by atoms with E-state index in [0.717, 1.165) is 5.56 Å². The van der Waals surface area contributed by atoms with Crippen LogP contribution in [0.15, 0.2) is 30.3 Å². The van der Waals surface area contributed by atoms with E-state index in [4.69, 9.17) is 4.74 Å². The minimum atomic E-state index is -0.356. The molecule has 0 aliphatic heterocycles. The number of hydrogen-bond acceptors (Lipinski definition) is 2. The summed E-state index contributed by atoms with van der Waals surface area (Å²) in [6.45, 7) is 6.45. The number of carbonyl (C=O) groups excluding carboxylic acids is 1. The first kappa shape index (κ1) is 12.6. The fraction of sp³-hybridized carbons (Fsp3) is 0.462. The van der Waals surface area contributed by atoms with Crippen molar-refractivity contribution in [3.63, 3.8) is 0 Å². The van der Waals surface area contributed by atoms with Crippen LogP contribution in [0.5, 0.6) is 0 Å². The van der Waals surface area contributed by atoms with Crippen LogP contribution in [-0.4, -0.2) is 12.2 Å². The van der Waals surface area contributed by atoms with Crippen molar-refractivity contribution in [2.45, 2.75) is 33.4 Å². The zero-order valence-corrected chi connectivity index (χ0v) is 10.1. The highest BCUT2D eigenvalue weighted by Gasteiger charge is 2.12. The molecule has 1 aromatic rings. The van der Waals surface area contributed by atoms with Crippen molar-refractivity contribution in [3.05, 3.63) is 35.9 Å². The number of hydrogen-bond donors (Lipinski definition) is 1. The number of rotatable bonds is 4. The number of ether oxygens (including phenoxy) is 1. The van der Waals surface area contributed by atoms with Crippen LogP contribution in [0.3, 0.4) is 0 Å². The first-order chi connectivity index (χ1) is 7.59. The van der Waals surface area contributed by atoms with E-state index in [2.05, 4.69) is 5.32 Å². The molecule has 3 heteroatoms. The van der Waals surface area contributed by atoms with Gasteiger partial charge in [-0.2, -0.15) is 0 Å². The molecule has 0 aromatic heterocycles. The summed E-state index contributed by atoms with van der Waals surface area (Å²) in [7, 11) is 0. The van der Waals surface area contributed by atoms with Gasteiger partial charge in [0.2, 0.25) is 0 Å². The smallest absolute Gasteiger partial charge is 0.407 e. The highest BCUT2D eigenvalue weighted by atomic mass is 16.6. The molecule has 0 radical (unpaired) electrons. The van der Waals surface area contributed by atoms with Crippen LogP contribution >= 0.6 is 0 Å². The lowest BCUT2D eigenvalue weighted by Crippen LogP contribution is -2.29. The lowest BCUT2D eigenvalue weighted by molar-refractivity contribution is 0.0818. The molecule has 0 saturated heterocycles. The third-order valence-corrected chi connectivity index (χ3v) is 2.51. The molecule has 0 bridgehead atoms. The Morgan fingerprint density at radius 1 is 1.25 bits per heavy atom. The Labute approximate surface area is 96.8 Å². The molecule has 88 valence electrons. The third-order valence-electron chi connectivity index (χ3n) is 2.51. The minimum absolute atomic E-state index is 0.0595. The maximum atomic E-state index is 11.4. The van der Waals surface area contributed by atoms with Crippen molar-refractivity contribution in [3.8, 4) is 0 Å². The van der Waals surface area contributed by atoms with Gasteiger partial charge < -0.3 is 10.1 Å². The fourth-order valence-corrected chi connectivity index (χ4v) is 1.12. The zero-order chi connectivity index (χ0) is 12.0. The van der Waals surface area contributed by atoms with Crippen molar-refractivity contribution in [2.24, 2.45) is 5.92 Å². The summed E-state index contributed by atoms with van der Waals surface area (Å²) in [6, 6.07) is 9.76. The largest absolute Gasteiger partial charge is 0.446 e. The molecular formula is C13H19NO2. The van der Waals surface area contributed by atoms with E-state index in [1.54, 1.807) is 0 Å². The average molecular weight is 221 g/mol. The van der Waals surface area contributed by atoms with Gasteiger partial charge in [-0.15, -0.1) is 0 Å². The Balaban J connectivity index is 2.31. The van der Waals surface area contributed by atoms with Gasteiger partial charge in [0.05, 0.1) is 0 Å². The van der Waals surface area contributed by atoms with Crippen molar-refractivity contribution in [1.29, 1.82) is 0 Å². The van der Waals surface area contributed by atoms with E-state index in [-0.39, 0.29) is 12.2 Å². The first-order valence-corrected chi connectivity index (χ1v) is 5.58. The molecule has 3 nitrogen and oxygen atoms in total. The number of benzene rings is 1. The van der Waals surface area contributed by atoms with Gasteiger partial charge >= 0.3 is 6.09 Å². The minimum Gasteiger partial charge on any atom is -0.446 e. The van der Waals surface area contributed by atoms with Crippen LogP contribution in [0.2, 0.25) is 0 Å². The Hall–Kier alpha value is -1.51. The predicted molar refractivity (Wildman–Crippen MR) is 64.1 cm³/mol. The molecule has 0 fully saturated rings. The van der Waals surface area contributed by atoms with Crippen molar-refractivity contribution in [2.75, 3.05) is 0 Å². The fourth-order valence-electron chi connectivity index (χ4n) is 1.12. The third kappa shape index (κ3) is 4.34. The lowest BCUT2D eigenvalue weighted by Gasteiger charge is -2.16. The summed E-state index contributed by atoms with van der Waals surface area (Å²) < 4.78 is 5.18. The predicted octanol–water partition coefficient (Wildman–Crippen LogP) is 2.96. The number of carbonyl (C=O) groups is 1. The SMILES string of the molecule is CC(C)[C@@H](C)OC(=O)NCc1ccccc1. The van der Waals surface area contributed by atoms with Crippen LogP contribution in [0.4, 0.5) is 4.79 Å². The summed E-state index contributed by atoms with van der Waals surface area (Å²) in [5, 5.41) is 2.72. The molecule has 0 aliphatic rings. The second-order valence-corrected chi connectivity index (χ2v) is 4.19. The second kappa shape index (κ2) is 6.16. The van der Waals surface area contributed by atoms with E-state index < -0.39 is 0 Å². The standard InChI is InChI=1S/C13H19NO2/c1-10(2)11(3)16-13(15)14-9-12-7-5-4-6-8-12/h4-8,10-11H,9H2,1-3H3,(H,14,15)/t11-/m1/s1. The highest BCUT2D eigenvalue weighted by Crippen LogP contribution is 2.05. The molecule has 0 heterocycles. The van der Waals surface area contributed by atoms with Gasteiger partial charge in [0.1, 0.15) is 6.10 Å². The maximum Gasteiger partial charge on any atom is 0.407 e. The molecule has 0 saturated carbocycles. The lowest BCUT2D eigenvalue weighted by atomic mass is 10.1. The van der Waals surface area contributed by atoms with Gasteiger partial charge in [0.25, 0.3) is 0 Å². The van der Waals surface area contributed by atoms with Crippen molar-refractivity contribution < 1.29 is 9.53 Å². The highest BCUT2D eigenvalue weighted by molar-refractivity contribution is 5.67. The Bertz CT molecular complexity index is 322. The van der Waals surface area contributed by atoms with Gasteiger partial charge in [0.15, 0.2) is 0 Å². The van der Waals surface area contributed by atoms with Gasteiger partial charge in [0, 0.05) is 6.54 Å². The molecule has 0 unspecified atom stereocenters. The number of alkyl carbamates (subject to hydrolysis) is 1. The summed E-state index contributed by atoms with van der Waals surface area (Å²) in [5.74, 6) is 0.336. The van der Waals surface area contributed by atoms with Crippen molar-refractivity contribution >= 4 is 6.09 Å². The van der Waals surface area contributed by atoms with Crippen molar-refractivity contribution in [1.82, 2.24) is 5.32 Å². The van der Waals surface area contributed by atoms with Gasteiger partial charge in [-0.1, -0.05) is 44.2 Å². The molecular weight excluding hydrogens is 202 g/mol. The summed E-state index contributed by atoms with van der Waals surface area (Å²) in [4.78, 5) is 11.4. The summed E-state index contributed by atoms with van der Waals surface area (Å²) >= 11 is 0. The molecule has 16 heavy (non-hydrogen) atoms. The number of nitrogens with one attached hydrogen (secondary N) is 1. The molecule has 0 spiro atoms. The van der Waals surface area contributed by atoms with E-state index >= 15 is 0 Å². The monoisotopic (exact) mass is 221 g/mol. The summed E-state index contributed by atoms with van der Waals surface area (Å²) in [5.41, 5.74) is 1.07. The maximum absolute atomic E-state index is 11.4. The van der Waals surface area contributed by atoms with E-state index in [9.17, 15) is 4.79 Å². The molecule has 1 amide bonds. The quantitative estimate of drug-likeness (QED) is 0.848. The topological polar surface area (TPSA) is 38.3 Å². The van der Waals surface area contributed by atoms with Crippen LogP contribution in [-0.2, 0) is 11.3 Å². The molecule has 1 N–H and O–H groups in total. The normalized spacial score (nSPS) is 12.2. The van der Waals surface area contributed by atoms with Gasteiger partial charge in [-0.05, 0) is 18.4 Å². The Kier molecular flexibility index (Phi) is 4.83. The van der Waals surface area contributed by atoms with Gasteiger partial charge in [-0.3, -0.25) is 0 Å². The first-order valence-electron chi connectivity index (χ1n) is 5.58. The average Bonchev–Trinajstić information content (AvgIpc) is 2.27. The molecule has 1 atom stereocenters. The van der Waals surface area contributed by atoms with E-state index in [1.165, 1.54) is 0 Å². The molecule has 0 aliphatic carbocycles. The van der Waals surface area contributed by atoms with Crippen LogP contribution in [0.25, 0.3) is 0 Å². The molecule has 1 aromatic carbocycles. The van der Waals surface area contributed by atoms with Gasteiger partial charge in [-0.25, -0.2) is 4.79 Å². The second-order valence-electron chi connectivity index (χ2n) is 4.19. The zero-order valence-electron chi connectivity index (χ0n) is 10.1. The molecule has 1 rings (SSSR count). The Morgan fingerprint density at radius 2 is 1.88 bits per heavy atom. The van der Waals surface area contributed by atoms with E-state index in [0.29, 0.717) is 12.5 Å². The van der Waals surface area contributed by atoms with Crippen LogP contribution < -0.4 is 5.32 Å². The van der Waals surface area contributed by atoms with Crippen LogP contribution in [0, 0.1) is 5.92 Å². The Morgan fingerprint density at radius 3 is 2.44 bits per heavy atom. The van der Waals surface area contributed by atoms with E-state index in [1.807, 2.05) is 51.1 Å². The summed E-state index contributed by atoms with van der Waals surface area (Å²) in [6.07, 6.45) is -0.416. The number of amides is 1.